The maximum Gasteiger partial charge on any atom is 0.0246 e. The first-order chi connectivity index (χ1) is 7.56. The number of hydrogen-bond donors (Lipinski definition) is 1. The van der Waals surface area contributed by atoms with Gasteiger partial charge in [0.15, 0.2) is 0 Å². The van der Waals surface area contributed by atoms with E-state index in [2.05, 4.69) is 44.8 Å². The Bertz CT molecular complexity index is 191. The van der Waals surface area contributed by atoms with Crippen LogP contribution < -0.4 is 5.32 Å². The summed E-state index contributed by atoms with van der Waals surface area (Å²) in [6, 6.07) is 1.47. The Morgan fingerprint density at radius 2 is 1.94 bits per heavy atom. The van der Waals surface area contributed by atoms with E-state index in [9.17, 15) is 0 Å². The fraction of sp³-hybridized carbons (Fsp3) is 1.00. The van der Waals surface area contributed by atoms with Crippen molar-refractivity contribution in [1.82, 2.24) is 10.2 Å². The molecular formula is C14H30N2. The first kappa shape index (κ1) is 14.0. The Morgan fingerprint density at radius 3 is 2.50 bits per heavy atom. The number of likely N-dealkylation sites (N-methyl/N-ethyl adjacent to an activating group) is 1. The van der Waals surface area contributed by atoms with Gasteiger partial charge in [0.25, 0.3) is 0 Å². The Labute approximate surface area is 102 Å². The van der Waals surface area contributed by atoms with Gasteiger partial charge in [0.1, 0.15) is 0 Å². The molecule has 1 aliphatic rings. The van der Waals surface area contributed by atoms with E-state index < -0.39 is 0 Å². The van der Waals surface area contributed by atoms with Crippen molar-refractivity contribution in [2.24, 2.45) is 11.8 Å². The van der Waals surface area contributed by atoms with Gasteiger partial charge in [-0.25, -0.2) is 0 Å². The van der Waals surface area contributed by atoms with Crippen molar-refractivity contribution >= 4 is 0 Å². The number of likely N-dealkylation sites (tertiary alicyclic amines) is 1. The van der Waals surface area contributed by atoms with Gasteiger partial charge in [0, 0.05) is 25.2 Å². The Morgan fingerprint density at radius 1 is 1.25 bits per heavy atom. The van der Waals surface area contributed by atoms with Crippen molar-refractivity contribution in [3.05, 3.63) is 0 Å². The quantitative estimate of drug-likeness (QED) is 0.775. The fourth-order valence-electron chi connectivity index (χ4n) is 2.81. The van der Waals surface area contributed by atoms with E-state index in [1.807, 2.05) is 0 Å². The van der Waals surface area contributed by atoms with Crippen LogP contribution in [0.2, 0.25) is 0 Å². The predicted octanol–water partition coefficient (Wildman–Crippen LogP) is 2.74. The van der Waals surface area contributed by atoms with Crippen LogP contribution in [0.25, 0.3) is 0 Å². The normalized spacial score (nSPS) is 29.6. The van der Waals surface area contributed by atoms with Crippen LogP contribution in [0, 0.1) is 11.8 Å². The molecule has 0 aromatic heterocycles. The third-order valence-electron chi connectivity index (χ3n) is 3.96. The zero-order valence-corrected chi connectivity index (χ0v) is 11.8. The summed E-state index contributed by atoms with van der Waals surface area (Å²) in [6.07, 6.45) is 2.78. The molecule has 0 amide bonds. The van der Waals surface area contributed by atoms with E-state index in [1.165, 1.54) is 19.4 Å². The van der Waals surface area contributed by atoms with Crippen LogP contribution in [0.3, 0.4) is 0 Å². The van der Waals surface area contributed by atoms with E-state index in [4.69, 9.17) is 0 Å². The lowest BCUT2D eigenvalue weighted by atomic mass is 9.90. The number of hydrogen-bond acceptors (Lipinski definition) is 2. The van der Waals surface area contributed by atoms with E-state index in [0.29, 0.717) is 6.04 Å². The highest BCUT2D eigenvalue weighted by molar-refractivity contribution is 4.85. The molecule has 0 aliphatic carbocycles. The van der Waals surface area contributed by atoms with E-state index >= 15 is 0 Å². The molecule has 3 atom stereocenters. The summed E-state index contributed by atoms with van der Waals surface area (Å²) in [5.74, 6) is 1.62. The number of rotatable bonds is 5. The number of nitrogens with zero attached hydrogens (tertiary/aromatic N) is 1. The highest BCUT2D eigenvalue weighted by Crippen LogP contribution is 2.25. The molecule has 96 valence electrons. The second kappa shape index (κ2) is 6.61. The molecule has 0 bridgehead atoms. The molecule has 0 radical (unpaired) electrons. The molecule has 0 aromatic rings. The van der Waals surface area contributed by atoms with Gasteiger partial charge < -0.3 is 5.32 Å². The van der Waals surface area contributed by atoms with Crippen molar-refractivity contribution in [3.63, 3.8) is 0 Å². The van der Waals surface area contributed by atoms with Crippen LogP contribution in [0.5, 0.6) is 0 Å². The lowest BCUT2D eigenvalue weighted by molar-refractivity contribution is 0.0545. The van der Waals surface area contributed by atoms with Gasteiger partial charge >= 0.3 is 0 Å². The summed E-state index contributed by atoms with van der Waals surface area (Å²) in [5, 5.41) is 3.52. The first-order valence-electron chi connectivity index (χ1n) is 7.02. The molecular weight excluding hydrogens is 196 g/mol. The fourth-order valence-corrected chi connectivity index (χ4v) is 2.81. The lowest BCUT2D eigenvalue weighted by Gasteiger charge is -2.44. The van der Waals surface area contributed by atoms with E-state index in [-0.39, 0.29) is 0 Å². The number of piperidine rings is 1. The van der Waals surface area contributed by atoms with Crippen LogP contribution in [0.15, 0.2) is 0 Å². The first-order valence-corrected chi connectivity index (χ1v) is 7.02. The number of nitrogens with one attached hydrogen (secondary N) is 1. The lowest BCUT2D eigenvalue weighted by Crippen LogP contribution is -2.53. The standard InChI is InChI=1S/C14H30N2/c1-6-15-9-14(11(2)3)16-10-12(4)7-8-13(16)5/h11-15H,6-10H2,1-5H3. The summed E-state index contributed by atoms with van der Waals surface area (Å²) in [6.45, 7) is 15.2. The van der Waals surface area contributed by atoms with Crippen LogP contribution in [-0.4, -0.2) is 36.6 Å². The maximum absolute atomic E-state index is 3.52. The third kappa shape index (κ3) is 3.74. The van der Waals surface area contributed by atoms with Gasteiger partial charge in [-0.2, -0.15) is 0 Å². The maximum atomic E-state index is 3.52. The Balaban J connectivity index is 2.59. The zero-order valence-electron chi connectivity index (χ0n) is 11.8. The minimum Gasteiger partial charge on any atom is -0.315 e. The highest BCUT2D eigenvalue weighted by Gasteiger charge is 2.30. The molecule has 0 spiro atoms. The summed E-state index contributed by atoms with van der Waals surface area (Å²) in [5.41, 5.74) is 0. The molecule has 0 aromatic carbocycles. The van der Waals surface area contributed by atoms with Crippen LogP contribution in [-0.2, 0) is 0 Å². The molecule has 1 N–H and O–H groups in total. The topological polar surface area (TPSA) is 15.3 Å². The molecule has 1 rings (SSSR count). The predicted molar refractivity (Wildman–Crippen MR) is 71.7 cm³/mol. The summed E-state index contributed by atoms with van der Waals surface area (Å²) < 4.78 is 0. The molecule has 1 saturated heterocycles. The van der Waals surface area contributed by atoms with Crippen LogP contribution >= 0.6 is 0 Å². The second-order valence-electron chi connectivity index (χ2n) is 5.85. The minimum absolute atomic E-state index is 0.706. The summed E-state index contributed by atoms with van der Waals surface area (Å²) in [4.78, 5) is 2.74. The molecule has 0 saturated carbocycles. The van der Waals surface area contributed by atoms with Gasteiger partial charge in [-0.15, -0.1) is 0 Å². The average Bonchev–Trinajstić information content (AvgIpc) is 2.23. The molecule has 1 heterocycles. The van der Waals surface area contributed by atoms with Crippen LogP contribution in [0.1, 0.15) is 47.5 Å². The van der Waals surface area contributed by atoms with Gasteiger partial charge in [0.2, 0.25) is 0 Å². The van der Waals surface area contributed by atoms with E-state index in [0.717, 1.165) is 31.0 Å². The van der Waals surface area contributed by atoms with Gasteiger partial charge in [0.05, 0.1) is 0 Å². The van der Waals surface area contributed by atoms with E-state index in [1.54, 1.807) is 0 Å². The molecule has 3 unspecified atom stereocenters. The van der Waals surface area contributed by atoms with Gasteiger partial charge in [-0.3, -0.25) is 4.90 Å². The molecule has 2 nitrogen and oxygen atoms in total. The summed E-state index contributed by atoms with van der Waals surface area (Å²) >= 11 is 0. The molecule has 2 heteroatoms. The highest BCUT2D eigenvalue weighted by atomic mass is 15.2. The Hall–Kier alpha value is -0.0800. The molecule has 1 fully saturated rings. The molecule has 16 heavy (non-hydrogen) atoms. The van der Waals surface area contributed by atoms with Crippen molar-refractivity contribution in [3.8, 4) is 0 Å². The second-order valence-corrected chi connectivity index (χ2v) is 5.85. The van der Waals surface area contributed by atoms with Crippen molar-refractivity contribution in [1.29, 1.82) is 0 Å². The largest absolute Gasteiger partial charge is 0.315 e. The zero-order chi connectivity index (χ0) is 12.1. The van der Waals surface area contributed by atoms with Crippen molar-refractivity contribution in [2.75, 3.05) is 19.6 Å². The van der Waals surface area contributed by atoms with Gasteiger partial charge in [-0.1, -0.05) is 27.7 Å². The van der Waals surface area contributed by atoms with Crippen LogP contribution in [0.4, 0.5) is 0 Å². The SMILES string of the molecule is CCNCC(C(C)C)N1CC(C)CCC1C. The summed E-state index contributed by atoms with van der Waals surface area (Å²) in [7, 11) is 0. The van der Waals surface area contributed by atoms with Gasteiger partial charge in [-0.05, 0) is 38.1 Å². The van der Waals surface area contributed by atoms with Crippen molar-refractivity contribution in [2.45, 2.75) is 59.5 Å². The average molecular weight is 226 g/mol. The monoisotopic (exact) mass is 226 g/mol. The van der Waals surface area contributed by atoms with Crippen molar-refractivity contribution < 1.29 is 0 Å². The Kier molecular flexibility index (Phi) is 5.77. The molecule has 1 aliphatic heterocycles. The minimum atomic E-state index is 0.706. The third-order valence-corrected chi connectivity index (χ3v) is 3.96. The smallest absolute Gasteiger partial charge is 0.0246 e.